The summed E-state index contributed by atoms with van der Waals surface area (Å²) < 4.78 is 0. The van der Waals surface area contributed by atoms with Crippen LogP contribution in [0, 0.1) is 5.92 Å². The summed E-state index contributed by atoms with van der Waals surface area (Å²) in [4.78, 5) is 24.4. The second-order valence-electron chi connectivity index (χ2n) is 4.05. The van der Waals surface area contributed by atoms with Gasteiger partial charge in [0.1, 0.15) is 0 Å². The van der Waals surface area contributed by atoms with Crippen molar-refractivity contribution in [3.05, 3.63) is 34.9 Å². The Morgan fingerprint density at radius 3 is 2.65 bits per heavy atom. The third-order valence-electron chi connectivity index (χ3n) is 2.93. The van der Waals surface area contributed by atoms with Gasteiger partial charge in [0.05, 0.1) is 16.5 Å². The number of aliphatic carboxylic acids is 1. The normalized spacial score (nSPS) is 19.4. The molecule has 17 heavy (non-hydrogen) atoms. The van der Waals surface area contributed by atoms with Crippen LogP contribution in [0.2, 0.25) is 5.02 Å². The van der Waals surface area contributed by atoms with E-state index in [1.54, 1.807) is 29.2 Å². The Morgan fingerprint density at radius 2 is 2.06 bits per heavy atom. The van der Waals surface area contributed by atoms with Crippen LogP contribution in [0.4, 0.5) is 0 Å². The first kappa shape index (κ1) is 11.9. The summed E-state index contributed by atoms with van der Waals surface area (Å²) in [5.74, 6) is -1.50. The van der Waals surface area contributed by atoms with Crippen LogP contribution in [0.1, 0.15) is 16.8 Å². The zero-order valence-electron chi connectivity index (χ0n) is 9.10. The van der Waals surface area contributed by atoms with Gasteiger partial charge in [-0.05, 0) is 18.6 Å². The standard InChI is InChI=1S/C12H12ClNO3/c13-10-4-2-1-3-9(10)11(15)14-6-5-8(7-14)12(16)17/h1-4,8H,5-7H2,(H,16,17). The highest BCUT2D eigenvalue weighted by atomic mass is 35.5. The van der Waals surface area contributed by atoms with Gasteiger partial charge in [-0.25, -0.2) is 0 Å². The summed E-state index contributed by atoms with van der Waals surface area (Å²) >= 11 is 5.93. The molecule has 1 fully saturated rings. The second-order valence-corrected chi connectivity index (χ2v) is 4.46. The maximum absolute atomic E-state index is 12.1. The number of halogens is 1. The summed E-state index contributed by atoms with van der Waals surface area (Å²) in [6, 6.07) is 6.80. The Balaban J connectivity index is 2.13. The third kappa shape index (κ3) is 2.42. The lowest BCUT2D eigenvalue weighted by Crippen LogP contribution is -2.30. The Labute approximate surface area is 104 Å². The lowest BCUT2D eigenvalue weighted by Gasteiger charge is -2.16. The smallest absolute Gasteiger partial charge is 0.308 e. The van der Waals surface area contributed by atoms with E-state index in [0.29, 0.717) is 23.6 Å². The van der Waals surface area contributed by atoms with Gasteiger partial charge in [0.15, 0.2) is 0 Å². The highest BCUT2D eigenvalue weighted by Gasteiger charge is 2.31. The van der Waals surface area contributed by atoms with Crippen LogP contribution in [-0.2, 0) is 4.79 Å². The van der Waals surface area contributed by atoms with Gasteiger partial charge in [0.25, 0.3) is 5.91 Å². The number of carboxylic acid groups (broad SMARTS) is 1. The fraction of sp³-hybridized carbons (Fsp3) is 0.333. The molecule has 0 saturated carbocycles. The van der Waals surface area contributed by atoms with Crippen LogP contribution in [0.5, 0.6) is 0 Å². The topological polar surface area (TPSA) is 57.6 Å². The minimum atomic E-state index is -0.848. The van der Waals surface area contributed by atoms with Crippen molar-refractivity contribution in [2.24, 2.45) is 5.92 Å². The lowest BCUT2D eigenvalue weighted by molar-refractivity contribution is -0.141. The van der Waals surface area contributed by atoms with Crippen LogP contribution < -0.4 is 0 Å². The van der Waals surface area contributed by atoms with Crippen LogP contribution in [0.15, 0.2) is 24.3 Å². The molecule has 1 aliphatic rings. The van der Waals surface area contributed by atoms with Gasteiger partial charge in [-0.1, -0.05) is 23.7 Å². The Hall–Kier alpha value is -1.55. The highest BCUT2D eigenvalue weighted by Crippen LogP contribution is 2.22. The van der Waals surface area contributed by atoms with Crippen molar-refractivity contribution in [3.8, 4) is 0 Å². The van der Waals surface area contributed by atoms with Crippen molar-refractivity contribution < 1.29 is 14.7 Å². The van der Waals surface area contributed by atoms with Gasteiger partial charge in [-0.2, -0.15) is 0 Å². The predicted octanol–water partition coefficient (Wildman–Crippen LogP) is 1.89. The maximum Gasteiger partial charge on any atom is 0.308 e. The molecular formula is C12H12ClNO3. The Bertz CT molecular complexity index is 461. The van der Waals surface area contributed by atoms with Crippen LogP contribution in [-0.4, -0.2) is 35.0 Å². The van der Waals surface area contributed by atoms with Gasteiger partial charge in [0.2, 0.25) is 0 Å². The number of nitrogens with zero attached hydrogens (tertiary/aromatic N) is 1. The van der Waals surface area contributed by atoms with Crippen molar-refractivity contribution in [1.29, 1.82) is 0 Å². The van der Waals surface area contributed by atoms with E-state index in [4.69, 9.17) is 16.7 Å². The molecule has 1 aromatic rings. The van der Waals surface area contributed by atoms with Gasteiger partial charge in [0, 0.05) is 13.1 Å². The molecule has 0 spiro atoms. The Kier molecular flexibility index (Phi) is 3.33. The molecule has 1 N–H and O–H groups in total. The molecule has 90 valence electrons. The van der Waals surface area contributed by atoms with Crippen molar-refractivity contribution in [2.45, 2.75) is 6.42 Å². The monoisotopic (exact) mass is 253 g/mol. The number of benzene rings is 1. The molecule has 1 atom stereocenters. The number of hydrogen-bond acceptors (Lipinski definition) is 2. The highest BCUT2D eigenvalue weighted by molar-refractivity contribution is 6.33. The molecule has 0 bridgehead atoms. The fourth-order valence-corrected chi connectivity index (χ4v) is 2.17. The van der Waals surface area contributed by atoms with E-state index in [2.05, 4.69) is 0 Å². The molecule has 1 aromatic carbocycles. The minimum Gasteiger partial charge on any atom is -0.481 e. The second kappa shape index (κ2) is 4.75. The lowest BCUT2D eigenvalue weighted by atomic mass is 10.1. The molecule has 0 aromatic heterocycles. The van der Waals surface area contributed by atoms with Crippen molar-refractivity contribution in [2.75, 3.05) is 13.1 Å². The molecule has 0 radical (unpaired) electrons. The number of carbonyl (C=O) groups excluding carboxylic acids is 1. The van der Waals surface area contributed by atoms with Crippen LogP contribution >= 0.6 is 11.6 Å². The van der Waals surface area contributed by atoms with E-state index in [1.807, 2.05) is 0 Å². The molecule has 0 aliphatic carbocycles. The van der Waals surface area contributed by atoms with Crippen molar-refractivity contribution in [1.82, 2.24) is 4.90 Å². The number of carbonyl (C=O) groups is 2. The quantitative estimate of drug-likeness (QED) is 0.876. The maximum atomic E-state index is 12.1. The first-order valence-corrected chi connectivity index (χ1v) is 5.74. The number of carboxylic acids is 1. The van der Waals surface area contributed by atoms with Gasteiger partial charge in [-0.15, -0.1) is 0 Å². The van der Waals surface area contributed by atoms with E-state index in [9.17, 15) is 9.59 Å². The molecule has 1 aliphatic heterocycles. The Morgan fingerprint density at radius 1 is 1.35 bits per heavy atom. The van der Waals surface area contributed by atoms with Crippen molar-refractivity contribution >= 4 is 23.5 Å². The summed E-state index contributed by atoms with van der Waals surface area (Å²) in [6.07, 6.45) is 0.505. The van der Waals surface area contributed by atoms with Crippen molar-refractivity contribution in [3.63, 3.8) is 0 Å². The molecule has 4 nitrogen and oxygen atoms in total. The van der Waals surface area contributed by atoms with Crippen LogP contribution in [0.25, 0.3) is 0 Å². The zero-order valence-corrected chi connectivity index (χ0v) is 9.85. The van der Waals surface area contributed by atoms with Gasteiger partial charge >= 0.3 is 5.97 Å². The van der Waals surface area contributed by atoms with E-state index in [0.717, 1.165) is 0 Å². The SMILES string of the molecule is O=C(O)C1CCN(C(=O)c2ccccc2Cl)C1. The summed E-state index contributed by atoms with van der Waals surface area (Å²) in [5.41, 5.74) is 0.431. The minimum absolute atomic E-state index is 0.195. The molecule has 1 saturated heterocycles. The first-order valence-electron chi connectivity index (χ1n) is 5.36. The zero-order chi connectivity index (χ0) is 12.4. The number of likely N-dealkylation sites (tertiary alicyclic amines) is 1. The molecule has 2 rings (SSSR count). The van der Waals surface area contributed by atoms with Gasteiger partial charge < -0.3 is 10.0 Å². The average Bonchev–Trinajstić information content (AvgIpc) is 2.78. The number of amides is 1. The number of rotatable bonds is 2. The van der Waals surface area contributed by atoms with E-state index < -0.39 is 11.9 Å². The molecule has 1 heterocycles. The van der Waals surface area contributed by atoms with Crippen LogP contribution in [0.3, 0.4) is 0 Å². The largest absolute Gasteiger partial charge is 0.481 e. The van der Waals surface area contributed by atoms with E-state index in [-0.39, 0.29) is 12.5 Å². The van der Waals surface area contributed by atoms with Gasteiger partial charge in [-0.3, -0.25) is 9.59 Å². The average molecular weight is 254 g/mol. The summed E-state index contributed by atoms with van der Waals surface area (Å²) in [7, 11) is 0. The fourth-order valence-electron chi connectivity index (χ4n) is 1.95. The first-order chi connectivity index (χ1) is 8.09. The van der Waals surface area contributed by atoms with E-state index in [1.165, 1.54) is 0 Å². The molecule has 1 unspecified atom stereocenters. The third-order valence-corrected chi connectivity index (χ3v) is 3.26. The molecule has 5 heteroatoms. The summed E-state index contributed by atoms with van der Waals surface area (Å²) in [6.45, 7) is 0.737. The number of hydrogen-bond donors (Lipinski definition) is 1. The summed E-state index contributed by atoms with van der Waals surface area (Å²) in [5, 5.41) is 9.27. The molecule has 1 amide bonds. The predicted molar refractivity (Wildman–Crippen MR) is 63.1 cm³/mol. The van der Waals surface area contributed by atoms with E-state index >= 15 is 0 Å². The molecular weight excluding hydrogens is 242 g/mol.